The zero-order valence-electron chi connectivity index (χ0n) is 18.1. The van der Waals surface area contributed by atoms with Gasteiger partial charge in [0, 0.05) is 38.4 Å². The number of carbonyl (C=O) groups excluding carboxylic acids is 1. The van der Waals surface area contributed by atoms with Crippen molar-refractivity contribution in [2.75, 3.05) is 26.2 Å². The number of aromatic nitrogens is 2. The summed E-state index contributed by atoms with van der Waals surface area (Å²) in [4.78, 5) is 16.2. The van der Waals surface area contributed by atoms with Gasteiger partial charge in [-0.25, -0.2) is 4.79 Å². The lowest BCUT2D eigenvalue weighted by Gasteiger charge is -2.19. The fourth-order valence-corrected chi connectivity index (χ4v) is 2.45. The van der Waals surface area contributed by atoms with Gasteiger partial charge < -0.3 is 20.7 Å². The molecule has 0 aliphatic rings. The van der Waals surface area contributed by atoms with Gasteiger partial charge in [0.05, 0.1) is 5.69 Å². The third-order valence-corrected chi connectivity index (χ3v) is 3.56. The van der Waals surface area contributed by atoms with Crippen molar-refractivity contribution in [3.8, 4) is 0 Å². The molecule has 8 nitrogen and oxygen atoms in total. The first-order valence-corrected chi connectivity index (χ1v) is 9.71. The van der Waals surface area contributed by atoms with Crippen LogP contribution in [-0.4, -0.2) is 53.6 Å². The molecule has 1 amide bonds. The second kappa shape index (κ2) is 13.6. The average molecular weight is 508 g/mol. The summed E-state index contributed by atoms with van der Waals surface area (Å²) >= 11 is 0. The van der Waals surface area contributed by atoms with Crippen LogP contribution in [0, 0.1) is 13.8 Å². The van der Waals surface area contributed by atoms with Crippen molar-refractivity contribution in [1.82, 2.24) is 25.7 Å². The van der Waals surface area contributed by atoms with E-state index in [2.05, 4.69) is 39.0 Å². The molecule has 0 unspecified atom stereocenters. The molecular weight excluding hydrogens is 471 g/mol. The van der Waals surface area contributed by atoms with E-state index in [0.717, 1.165) is 50.7 Å². The maximum absolute atomic E-state index is 11.6. The van der Waals surface area contributed by atoms with E-state index in [4.69, 9.17) is 4.74 Å². The summed E-state index contributed by atoms with van der Waals surface area (Å²) < 4.78 is 7.22. The molecule has 1 heterocycles. The highest BCUT2D eigenvalue weighted by atomic mass is 127. The minimum Gasteiger partial charge on any atom is -0.444 e. The molecule has 28 heavy (non-hydrogen) atoms. The van der Waals surface area contributed by atoms with Crippen molar-refractivity contribution >= 4 is 36.0 Å². The molecule has 1 aromatic heterocycles. The fourth-order valence-electron chi connectivity index (χ4n) is 2.45. The molecule has 0 atom stereocenters. The van der Waals surface area contributed by atoms with Gasteiger partial charge in [0.15, 0.2) is 5.96 Å². The summed E-state index contributed by atoms with van der Waals surface area (Å²) in [5, 5.41) is 13.7. The van der Waals surface area contributed by atoms with Gasteiger partial charge in [-0.1, -0.05) is 0 Å². The van der Waals surface area contributed by atoms with Crippen LogP contribution < -0.4 is 16.0 Å². The fraction of sp³-hybridized carbons (Fsp3) is 0.737. The smallest absolute Gasteiger partial charge is 0.407 e. The molecular formula is C19H37IN6O2. The van der Waals surface area contributed by atoms with Gasteiger partial charge in [0.2, 0.25) is 0 Å². The van der Waals surface area contributed by atoms with E-state index >= 15 is 0 Å². The number of aliphatic imine (C=N–C) groups is 1. The van der Waals surface area contributed by atoms with E-state index in [9.17, 15) is 4.79 Å². The molecule has 0 fully saturated rings. The number of aryl methyl sites for hydroxylation is 3. The summed E-state index contributed by atoms with van der Waals surface area (Å²) in [5.74, 6) is 0.795. The Hall–Kier alpha value is -1.52. The molecule has 1 rings (SSSR count). The molecule has 3 N–H and O–H groups in total. The third kappa shape index (κ3) is 12.0. The van der Waals surface area contributed by atoms with Crippen molar-refractivity contribution in [1.29, 1.82) is 0 Å². The van der Waals surface area contributed by atoms with E-state index in [-0.39, 0.29) is 30.1 Å². The molecule has 0 saturated heterocycles. The lowest BCUT2D eigenvalue weighted by molar-refractivity contribution is 0.0527. The Morgan fingerprint density at radius 3 is 2.43 bits per heavy atom. The highest BCUT2D eigenvalue weighted by Gasteiger charge is 2.15. The second-order valence-electron chi connectivity index (χ2n) is 7.47. The van der Waals surface area contributed by atoms with Gasteiger partial charge >= 0.3 is 6.09 Å². The van der Waals surface area contributed by atoms with Crippen molar-refractivity contribution in [2.45, 2.75) is 66.5 Å². The number of nitrogens with one attached hydrogen (secondary N) is 3. The van der Waals surface area contributed by atoms with Crippen molar-refractivity contribution < 1.29 is 9.53 Å². The number of ether oxygens (including phenoxy) is 1. The van der Waals surface area contributed by atoms with Gasteiger partial charge in [-0.15, -0.1) is 24.0 Å². The Labute approximate surface area is 186 Å². The molecule has 0 aliphatic heterocycles. The SMILES string of the molecule is CCNC(=NCCCn1nc(C)cc1C)NCCCNC(=O)OC(C)(C)C.I. The summed E-state index contributed by atoms with van der Waals surface area (Å²) in [7, 11) is 0. The zero-order chi connectivity index (χ0) is 20.3. The van der Waals surface area contributed by atoms with Crippen LogP contribution in [0.5, 0.6) is 0 Å². The van der Waals surface area contributed by atoms with Crippen LogP contribution in [0.25, 0.3) is 0 Å². The number of nitrogens with zero attached hydrogens (tertiary/aromatic N) is 3. The first kappa shape index (κ1) is 26.5. The van der Waals surface area contributed by atoms with Crippen molar-refractivity contribution in [3.63, 3.8) is 0 Å². The largest absolute Gasteiger partial charge is 0.444 e. The Morgan fingerprint density at radius 1 is 1.18 bits per heavy atom. The number of hydrogen-bond donors (Lipinski definition) is 3. The molecule has 162 valence electrons. The monoisotopic (exact) mass is 508 g/mol. The van der Waals surface area contributed by atoms with Crippen LogP contribution >= 0.6 is 24.0 Å². The number of rotatable bonds is 9. The normalized spacial score (nSPS) is 11.6. The van der Waals surface area contributed by atoms with Gasteiger partial charge in [-0.05, 0) is 60.5 Å². The lowest BCUT2D eigenvalue weighted by atomic mass is 10.2. The molecule has 0 radical (unpaired) electrons. The number of amides is 1. The topological polar surface area (TPSA) is 92.6 Å². The summed E-state index contributed by atoms with van der Waals surface area (Å²) in [5.41, 5.74) is 1.76. The van der Waals surface area contributed by atoms with Gasteiger partial charge in [0.1, 0.15) is 5.60 Å². The van der Waals surface area contributed by atoms with E-state index in [1.54, 1.807) is 0 Å². The van der Waals surface area contributed by atoms with Crippen LogP contribution in [-0.2, 0) is 11.3 Å². The standard InChI is InChI=1S/C19H36N6O2.HI/c1-7-20-17(21-10-8-11-23-18(26)27-19(4,5)6)22-12-9-13-25-16(3)14-15(2)24-25;/h14H,7-13H2,1-6H3,(H,23,26)(H2,20,21,22);1H. The summed E-state index contributed by atoms with van der Waals surface area (Å²) in [6, 6.07) is 2.08. The first-order chi connectivity index (χ1) is 12.7. The molecule has 0 aromatic carbocycles. The summed E-state index contributed by atoms with van der Waals surface area (Å²) in [6.45, 7) is 15.3. The van der Waals surface area contributed by atoms with E-state index < -0.39 is 5.60 Å². The molecule has 0 saturated carbocycles. The maximum Gasteiger partial charge on any atom is 0.407 e. The molecule has 1 aromatic rings. The number of carbonyl (C=O) groups is 1. The van der Waals surface area contributed by atoms with E-state index in [0.29, 0.717) is 6.54 Å². The highest BCUT2D eigenvalue weighted by molar-refractivity contribution is 14.0. The van der Waals surface area contributed by atoms with Gasteiger partial charge in [-0.3, -0.25) is 9.67 Å². The minimum atomic E-state index is -0.472. The maximum atomic E-state index is 11.6. The first-order valence-electron chi connectivity index (χ1n) is 9.71. The Bertz CT molecular complexity index is 610. The molecule has 0 bridgehead atoms. The van der Waals surface area contributed by atoms with Crippen LogP contribution in [0.4, 0.5) is 4.79 Å². The summed E-state index contributed by atoms with van der Waals surface area (Å²) in [6.07, 6.45) is 1.33. The van der Waals surface area contributed by atoms with Crippen molar-refractivity contribution in [3.05, 3.63) is 17.5 Å². The predicted octanol–water partition coefficient (Wildman–Crippen LogP) is 2.98. The highest BCUT2D eigenvalue weighted by Crippen LogP contribution is 2.06. The molecule has 0 aliphatic carbocycles. The van der Waals surface area contributed by atoms with E-state index in [1.165, 1.54) is 5.69 Å². The van der Waals surface area contributed by atoms with Gasteiger partial charge in [-0.2, -0.15) is 5.10 Å². The van der Waals surface area contributed by atoms with Gasteiger partial charge in [0.25, 0.3) is 0 Å². The number of hydrogen-bond acceptors (Lipinski definition) is 4. The molecule has 9 heteroatoms. The van der Waals surface area contributed by atoms with E-state index in [1.807, 2.05) is 39.3 Å². The van der Waals surface area contributed by atoms with Crippen LogP contribution in [0.3, 0.4) is 0 Å². The Balaban J connectivity index is 0.00000729. The Morgan fingerprint density at radius 2 is 1.86 bits per heavy atom. The second-order valence-corrected chi connectivity index (χ2v) is 7.47. The number of halogens is 1. The average Bonchev–Trinajstić information content (AvgIpc) is 2.87. The molecule has 0 spiro atoms. The predicted molar refractivity (Wildman–Crippen MR) is 125 cm³/mol. The third-order valence-electron chi connectivity index (χ3n) is 3.56. The van der Waals surface area contributed by atoms with Crippen molar-refractivity contribution in [2.24, 2.45) is 4.99 Å². The minimum absolute atomic E-state index is 0. The number of guanidine groups is 1. The lowest BCUT2D eigenvalue weighted by Crippen LogP contribution is -2.39. The van der Waals surface area contributed by atoms with Crippen LogP contribution in [0.2, 0.25) is 0 Å². The Kier molecular flexibility index (Phi) is 12.9. The zero-order valence-corrected chi connectivity index (χ0v) is 20.4. The van der Waals surface area contributed by atoms with Crippen LogP contribution in [0.1, 0.15) is 51.9 Å². The van der Waals surface area contributed by atoms with Crippen LogP contribution in [0.15, 0.2) is 11.1 Å². The number of alkyl carbamates (subject to hydrolysis) is 1. The quantitative estimate of drug-likeness (QED) is 0.207.